The highest BCUT2D eigenvalue weighted by Gasteiger charge is 2.23. The third kappa shape index (κ3) is 3.68. The van der Waals surface area contributed by atoms with Crippen LogP contribution in [0.15, 0.2) is 0 Å². The lowest BCUT2D eigenvalue weighted by Gasteiger charge is -2.28. The van der Waals surface area contributed by atoms with E-state index in [2.05, 4.69) is 12.2 Å². The number of rotatable bonds is 4. The Morgan fingerprint density at radius 1 is 1.41 bits per heavy atom. The molecule has 0 aromatic carbocycles. The van der Waals surface area contributed by atoms with Crippen molar-refractivity contribution in [1.82, 2.24) is 10.2 Å². The number of hydrogen-bond acceptors (Lipinski definition) is 3. The Balaban J connectivity index is 1.67. The monoisotopic (exact) mass is 240 g/mol. The van der Waals surface area contributed by atoms with Crippen LogP contribution in [0.1, 0.15) is 32.6 Å². The molecule has 0 aromatic rings. The minimum absolute atomic E-state index is 0.260. The van der Waals surface area contributed by atoms with E-state index in [1.807, 2.05) is 4.90 Å². The van der Waals surface area contributed by atoms with Crippen LogP contribution in [0.4, 0.5) is 0 Å². The molecule has 0 aromatic heterocycles. The smallest absolute Gasteiger partial charge is 0.236 e. The van der Waals surface area contributed by atoms with Gasteiger partial charge in [-0.1, -0.05) is 0 Å². The number of nitrogens with zero attached hydrogens (tertiary/aromatic N) is 1. The van der Waals surface area contributed by atoms with E-state index in [4.69, 9.17) is 4.74 Å². The van der Waals surface area contributed by atoms with Gasteiger partial charge < -0.3 is 15.0 Å². The van der Waals surface area contributed by atoms with Crippen LogP contribution >= 0.6 is 0 Å². The third-order valence-corrected chi connectivity index (χ3v) is 3.96. The number of ether oxygens (including phenoxy) is 1. The van der Waals surface area contributed by atoms with Crippen molar-refractivity contribution < 1.29 is 9.53 Å². The van der Waals surface area contributed by atoms with E-state index < -0.39 is 0 Å². The highest BCUT2D eigenvalue weighted by molar-refractivity contribution is 5.78. The van der Waals surface area contributed by atoms with Gasteiger partial charge in [0, 0.05) is 25.7 Å². The number of hydrogen-bond donors (Lipinski definition) is 1. The molecule has 17 heavy (non-hydrogen) atoms. The summed E-state index contributed by atoms with van der Waals surface area (Å²) in [4.78, 5) is 13.9. The van der Waals surface area contributed by atoms with Gasteiger partial charge in [0.15, 0.2) is 0 Å². The van der Waals surface area contributed by atoms with Crippen LogP contribution in [0.25, 0.3) is 0 Å². The molecule has 98 valence electrons. The molecule has 2 saturated heterocycles. The van der Waals surface area contributed by atoms with Crippen LogP contribution in [0.5, 0.6) is 0 Å². The van der Waals surface area contributed by atoms with Crippen molar-refractivity contribution in [2.75, 3.05) is 32.8 Å². The molecule has 0 saturated carbocycles. The van der Waals surface area contributed by atoms with Crippen molar-refractivity contribution in [2.24, 2.45) is 5.92 Å². The summed E-state index contributed by atoms with van der Waals surface area (Å²) in [5, 5.41) is 3.35. The molecule has 1 amide bonds. The summed E-state index contributed by atoms with van der Waals surface area (Å²) in [6.45, 7) is 6.24. The van der Waals surface area contributed by atoms with Crippen LogP contribution in [-0.2, 0) is 9.53 Å². The highest BCUT2D eigenvalue weighted by atomic mass is 16.5. The highest BCUT2D eigenvalue weighted by Crippen LogP contribution is 2.16. The summed E-state index contributed by atoms with van der Waals surface area (Å²) in [5.41, 5.74) is 0. The van der Waals surface area contributed by atoms with Gasteiger partial charge in [0.25, 0.3) is 0 Å². The molecule has 2 heterocycles. The standard InChI is InChI=1S/C13H24N2O2/c1-11(12-5-8-17-10-12)14-9-13(16)15-6-3-2-4-7-15/h11-12,14H,2-10H2,1H3. The molecule has 0 spiro atoms. The van der Waals surface area contributed by atoms with E-state index in [-0.39, 0.29) is 5.91 Å². The molecule has 2 fully saturated rings. The van der Waals surface area contributed by atoms with Gasteiger partial charge in [-0.05, 0) is 38.5 Å². The van der Waals surface area contributed by atoms with Crippen LogP contribution < -0.4 is 5.32 Å². The SMILES string of the molecule is CC(NCC(=O)N1CCCCC1)C1CCOC1. The minimum Gasteiger partial charge on any atom is -0.381 e. The van der Waals surface area contributed by atoms with E-state index in [0.29, 0.717) is 18.5 Å². The van der Waals surface area contributed by atoms with Crippen molar-refractivity contribution in [3.8, 4) is 0 Å². The molecule has 0 bridgehead atoms. The molecule has 2 aliphatic rings. The zero-order chi connectivity index (χ0) is 12.1. The first kappa shape index (κ1) is 12.8. The number of piperidine rings is 1. The van der Waals surface area contributed by atoms with Crippen LogP contribution in [-0.4, -0.2) is 49.7 Å². The maximum Gasteiger partial charge on any atom is 0.236 e. The molecular formula is C13H24N2O2. The first-order valence-corrected chi connectivity index (χ1v) is 6.86. The Hall–Kier alpha value is -0.610. The van der Waals surface area contributed by atoms with Gasteiger partial charge >= 0.3 is 0 Å². The number of carbonyl (C=O) groups excluding carboxylic acids is 1. The Kier molecular flexibility index (Phi) is 4.80. The van der Waals surface area contributed by atoms with Gasteiger partial charge in [-0.15, -0.1) is 0 Å². The van der Waals surface area contributed by atoms with E-state index in [1.165, 1.54) is 6.42 Å². The largest absolute Gasteiger partial charge is 0.381 e. The summed E-state index contributed by atoms with van der Waals surface area (Å²) in [5.74, 6) is 0.833. The molecule has 2 atom stereocenters. The topological polar surface area (TPSA) is 41.6 Å². The quantitative estimate of drug-likeness (QED) is 0.797. The van der Waals surface area contributed by atoms with E-state index in [9.17, 15) is 4.79 Å². The Labute approximate surface area is 104 Å². The molecule has 0 radical (unpaired) electrons. The lowest BCUT2D eigenvalue weighted by Crippen LogP contribution is -2.44. The number of amides is 1. The summed E-state index contributed by atoms with van der Waals surface area (Å²) in [7, 11) is 0. The Morgan fingerprint density at radius 2 is 2.18 bits per heavy atom. The van der Waals surface area contributed by atoms with Crippen molar-refractivity contribution >= 4 is 5.91 Å². The molecule has 2 rings (SSSR count). The minimum atomic E-state index is 0.260. The van der Waals surface area contributed by atoms with Crippen molar-refractivity contribution in [3.05, 3.63) is 0 Å². The Morgan fingerprint density at radius 3 is 2.82 bits per heavy atom. The molecule has 4 heteroatoms. The maximum absolute atomic E-state index is 11.9. The van der Waals surface area contributed by atoms with Crippen LogP contribution in [0.2, 0.25) is 0 Å². The molecule has 1 N–H and O–H groups in total. The second-order valence-electron chi connectivity index (χ2n) is 5.23. The van der Waals surface area contributed by atoms with Gasteiger partial charge in [0.05, 0.1) is 13.2 Å². The fourth-order valence-corrected chi connectivity index (χ4v) is 2.62. The summed E-state index contributed by atoms with van der Waals surface area (Å²) in [6.07, 6.45) is 4.72. The number of likely N-dealkylation sites (tertiary alicyclic amines) is 1. The summed E-state index contributed by atoms with van der Waals surface area (Å²) < 4.78 is 5.37. The normalized spacial score (nSPS) is 27.1. The average molecular weight is 240 g/mol. The second kappa shape index (κ2) is 6.36. The second-order valence-corrected chi connectivity index (χ2v) is 5.23. The first-order valence-electron chi connectivity index (χ1n) is 6.86. The molecule has 4 nitrogen and oxygen atoms in total. The van der Waals surface area contributed by atoms with Gasteiger partial charge in [-0.2, -0.15) is 0 Å². The predicted molar refractivity (Wildman–Crippen MR) is 66.8 cm³/mol. The van der Waals surface area contributed by atoms with Crippen molar-refractivity contribution in [2.45, 2.75) is 38.6 Å². The van der Waals surface area contributed by atoms with E-state index in [0.717, 1.165) is 45.6 Å². The zero-order valence-corrected chi connectivity index (χ0v) is 10.8. The molecule has 0 aliphatic carbocycles. The molecule has 2 aliphatic heterocycles. The van der Waals surface area contributed by atoms with E-state index in [1.54, 1.807) is 0 Å². The van der Waals surface area contributed by atoms with Gasteiger partial charge in [0.2, 0.25) is 5.91 Å². The van der Waals surface area contributed by atoms with Crippen LogP contribution in [0.3, 0.4) is 0 Å². The van der Waals surface area contributed by atoms with Gasteiger partial charge in [-0.25, -0.2) is 0 Å². The van der Waals surface area contributed by atoms with Crippen LogP contribution in [0, 0.1) is 5.92 Å². The lowest BCUT2D eigenvalue weighted by molar-refractivity contribution is -0.131. The van der Waals surface area contributed by atoms with E-state index >= 15 is 0 Å². The summed E-state index contributed by atoms with van der Waals surface area (Å²) in [6, 6.07) is 0.381. The molecular weight excluding hydrogens is 216 g/mol. The van der Waals surface area contributed by atoms with Gasteiger partial charge in [-0.3, -0.25) is 4.79 Å². The number of carbonyl (C=O) groups is 1. The fraction of sp³-hybridized carbons (Fsp3) is 0.923. The first-order chi connectivity index (χ1) is 8.27. The predicted octanol–water partition coefficient (Wildman–Crippen LogP) is 1.01. The molecule has 2 unspecified atom stereocenters. The maximum atomic E-state index is 11.9. The van der Waals surface area contributed by atoms with Gasteiger partial charge in [0.1, 0.15) is 0 Å². The fourth-order valence-electron chi connectivity index (χ4n) is 2.62. The summed E-state index contributed by atoms with van der Waals surface area (Å²) >= 11 is 0. The Bertz CT molecular complexity index is 246. The lowest BCUT2D eigenvalue weighted by atomic mass is 10.0. The van der Waals surface area contributed by atoms with Crippen molar-refractivity contribution in [1.29, 1.82) is 0 Å². The average Bonchev–Trinajstić information content (AvgIpc) is 2.90. The number of nitrogens with one attached hydrogen (secondary N) is 1. The third-order valence-electron chi connectivity index (χ3n) is 3.96. The van der Waals surface area contributed by atoms with Crippen molar-refractivity contribution in [3.63, 3.8) is 0 Å². The zero-order valence-electron chi connectivity index (χ0n) is 10.8.